The van der Waals surface area contributed by atoms with Crippen LogP contribution in [-0.4, -0.2) is 43.0 Å². The summed E-state index contributed by atoms with van der Waals surface area (Å²) in [6, 6.07) is 5.13. The summed E-state index contributed by atoms with van der Waals surface area (Å²) in [6.07, 6.45) is 4.06. The van der Waals surface area contributed by atoms with E-state index in [4.69, 9.17) is 21.1 Å². The van der Waals surface area contributed by atoms with Gasteiger partial charge in [-0.05, 0) is 76.1 Å². The van der Waals surface area contributed by atoms with E-state index in [1.165, 1.54) is 0 Å². The first-order chi connectivity index (χ1) is 13.5. The highest BCUT2D eigenvalue weighted by molar-refractivity contribution is 8.00. The monoisotopic (exact) mass is 425 g/mol. The molecule has 1 aliphatic heterocycles. The zero-order valence-electron chi connectivity index (χ0n) is 16.4. The number of piperidine rings is 1. The molecule has 0 spiro atoms. The molecule has 0 aromatic heterocycles. The van der Waals surface area contributed by atoms with Crippen LogP contribution in [0.15, 0.2) is 23.1 Å². The van der Waals surface area contributed by atoms with Gasteiger partial charge in [0.05, 0.1) is 18.8 Å². The number of nitrogens with one attached hydrogen (secondary N) is 1. The van der Waals surface area contributed by atoms with Crippen LogP contribution in [0.3, 0.4) is 0 Å². The van der Waals surface area contributed by atoms with Gasteiger partial charge in [0, 0.05) is 15.2 Å². The van der Waals surface area contributed by atoms with Crippen molar-refractivity contribution in [3.05, 3.63) is 28.8 Å². The zero-order chi connectivity index (χ0) is 20.1. The Morgan fingerprint density at radius 2 is 1.93 bits per heavy atom. The number of hydrogen-bond acceptors (Lipinski definition) is 6. The lowest BCUT2D eigenvalue weighted by atomic mass is 9.73. The van der Waals surface area contributed by atoms with Gasteiger partial charge >= 0.3 is 11.9 Å². The van der Waals surface area contributed by atoms with E-state index in [2.05, 4.69) is 5.32 Å². The van der Waals surface area contributed by atoms with Crippen LogP contribution in [0.5, 0.6) is 0 Å². The molecular weight excluding hydrogens is 398 g/mol. The molecule has 0 amide bonds. The predicted octanol–water partition coefficient (Wildman–Crippen LogP) is 4.32. The van der Waals surface area contributed by atoms with E-state index in [-0.39, 0.29) is 18.0 Å². The Morgan fingerprint density at radius 3 is 2.68 bits per heavy atom. The molecule has 1 aromatic carbocycles. The second-order valence-corrected chi connectivity index (χ2v) is 9.16. The van der Waals surface area contributed by atoms with Crippen molar-refractivity contribution in [3.63, 3.8) is 0 Å². The molecule has 154 valence electrons. The average molecular weight is 426 g/mol. The van der Waals surface area contributed by atoms with Crippen LogP contribution in [-0.2, 0) is 14.3 Å². The zero-order valence-corrected chi connectivity index (χ0v) is 18.0. The van der Waals surface area contributed by atoms with Crippen molar-refractivity contribution in [2.24, 2.45) is 11.8 Å². The van der Waals surface area contributed by atoms with Gasteiger partial charge in [-0.2, -0.15) is 0 Å². The Bertz CT molecular complexity index is 714. The summed E-state index contributed by atoms with van der Waals surface area (Å²) in [5.41, 5.74) is 0.577. The minimum absolute atomic E-state index is 0.143. The van der Waals surface area contributed by atoms with E-state index in [0.717, 1.165) is 37.1 Å². The molecule has 28 heavy (non-hydrogen) atoms. The Hall–Kier alpha value is -1.24. The highest BCUT2D eigenvalue weighted by Crippen LogP contribution is 2.43. The van der Waals surface area contributed by atoms with E-state index in [1.54, 1.807) is 30.8 Å². The molecule has 7 heteroatoms. The minimum Gasteiger partial charge on any atom is -0.465 e. The number of ether oxygens (including phenoxy) is 2. The Kier molecular flexibility index (Phi) is 7.66. The van der Waals surface area contributed by atoms with Gasteiger partial charge in [-0.3, -0.25) is 4.79 Å². The van der Waals surface area contributed by atoms with E-state index in [1.807, 2.05) is 13.0 Å². The molecule has 4 atom stereocenters. The molecule has 3 rings (SSSR count). The molecule has 2 aliphatic rings. The molecule has 2 unspecified atom stereocenters. The molecule has 1 heterocycles. The van der Waals surface area contributed by atoms with Crippen molar-refractivity contribution in [2.75, 3.05) is 19.8 Å². The van der Waals surface area contributed by atoms with Crippen molar-refractivity contribution >= 4 is 35.3 Å². The fraction of sp³-hybridized carbons (Fsp3) is 0.619. The number of halogens is 1. The number of esters is 2. The lowest BCUT2D eigenvalue weighted by Gasteiger charge is -2.41. The normalized spacial score (nSPS) is 27.0. The van der Waals surface area contributed by atoms with Crippen molar-refractivity contribution < 1.29 is 19.1 Å². The summed E-state index contributed by atoms with van der Waals surface area (Å²) in [5, 5.41) is 4.37. The van der Waals surface area contributed by atoms with E-state index in [0.29, 0.717) is 40.9 Å². The van der Waals surface area contributed by atoms with Crippen LogP contribution in [0.2, 0.25) is 5.02 Å². The van der Waals surface area contributed by atoms with Crippen LogP contribution in [0.1, 0.15) is 49.9 Å². The summed E-state index contributed by atoms with van der Waals surface area (Å²) >= 11 is 7.90. The topological polar surface area (TPSA) is 64.6 Å². The largest absolute Gasteiger partial charge is 0.465 e. The van der Waals surface area contributed by atoms with E-state index < -0.39 is 0 Å². The highest BCUT2D eigenvalue weighted by Gasteiger charge is 2.38. The molecule has 1 aromatic rings. The van der Waals surface area contributed by atoms with Crippen LogP contribution in [0.25, 0.3) is 0 Å². The maximum atomic E-state index is 12.3. The van der Waals surface area contributed by atoms with Gasteiger partial charge in [0.15, 0.2) is 0 Å². The summed E-state index contributed by atoms with van der Waals surface area (Å²) in [7, 11) is 0. The molecule has 1 saturated heterocycles. The summed E-state index contributed by atoms with van der Waals surface area (Å²) in [6.45, 7) is 5.27. The SMILES string of the molecule is CCOC(=O)c1ccc(Cl)cc1S[C@H]1CCC2CN[C@H](C(=O)OCC)CC2C1. The quantitative estimate of drug-likeness (QED) is 0.685. The smallest absolute Gasteiger partial charge is 0.339 e. The van der Waals surface area contributed by atoms with Gasteiger partial charge in [-0.25, -0.2) is 4.79 Å². The standard InChI is InChI=1S/C21H28ClNO4S/c1-3-26-20(24)17-8-6-15(22)11-19(17)28-16-7-5-13-12-23-18(10-14(13)9-16)21(25)27-4-2/h6,8,11,13-14,16,18,23H,3-5,7,9-10,12H2,1-2H3/t13?,14?,16-,18-/m0/s1. The number of hydrogen-bond donors (Lipinski definition) is 1. The third-order valence-corrected chi connectivity index (χ3v) is 7.15. The van der Waals surface area contributed by atoms with E-state index in [9.17, 15) is 9.59 Å². The first-order valence-corrected chi connectivity index (χ1v) is 11.3. The van der Waals surface area contributed by atoms with Gasteiger partial charge < -0.3 is 14.8 Å². The lowest BCUT2D eigenvalue weighted by molar-refractivity contribution is -0.147. The fourth-order valence-electron chi connectivity index (χ4n) is 4.20. The molecule has 5 nitrogen and oxygen atoms in total. The molecule has 1 N–H and O–H groups in total. The van der Waals surface area contributed by atoms with Gasteiger partial charge in [-0.15, -0.1) is 11.8 Å². The van der Waals surface area contributed by atoms with Gasteiger partial charge in [0.1, 0.15) is 6.04 Å². The Balaban J connectivity index is 1.67. The van der Waals surface area contributed by atoms with Gasteiger partial charge in [0.25, 0.3) is 0 Å². The van der Waals surface area contributed by atoms with Crippen LogP contribution in [0.4, 0.5) is 0 Å². The fourth-order valence-corrected chi connectivity index (χ4v) is 5.87. The predicted molar refractivity (Wildman–Crippen MR) is 111 cm³/mol. The van der Waals surface area contributed by atoms with Crippen LogP contribution in [0, 0.1) is 11.8 Å². The van der Waals surface area contributed by atoms with E-state index >= 15 is 0 Å². The maximum Gasteiger partial charge on any atom is 0.339 e. The van der Waals surface area contributed by atoms with Crippen LogP contribution < -0.4 is 5.32 Å². The molecular formula is C21H28ClNO4S. The number of benzene rings is 1. The molecule has 2 fully saturated rings. The van der Waals surface area contributed by atoms with Crippen molar-refractivity contribution in [3.8, 4) is 0 Å². The number of rotatable bonds is 6. The second kappa shape index (κ2) is 9.99. The molecule has 1 aliphatic carbocycles. The summed E-state index contributed by atoms with van der Waals surface area (Å²) in [5.74, 6) is 0.647. The number of carbonyl (C=O) groups excluding carboxylic acids is 2. The van der Waals surface area contributed by atoms with Gasteiger partial charge in [-0.1, -0.05) is 11.6 Å². The molecule has 0 bridgehead atoms. The third kappa shape index (κ3) is 5.22. The second-order valence-electron chi connectivity index (χ2n) is 7.38. The Morgan fingerprint density at radius 1 is 1.14 bits per heavy atom. The highest BCUT2D eigenvalue weighted by atomic mass is 35.5. The molecule has 0 radical (unpaired) electrons. The maximum absolute atomic E-state index is 12.3. The lowest BCUT2D eigenvalue weighted by Crippen LogP contribution is -2.50. The van der Waals surface area contributed by atoms with Crippen LogP contribution >= 0.6 is 23.4 Å². The van der Waals surface area contributed by atoms with Crippen molar-refractivity contribution in [1.82, 2.24) is 5.32 Å². The van der Waals surface area contributed by atoms with Gasteiger partial charge in [0.2, 0.25) is 0 Å². The average Bonchev–Trinajstić information content (AvgIpc) is 2.68. The first kappa shape index (κ1) is 21.5. The Labute approximate surface area is 175 Å². The third-order valence-electron chi connectivity index (χ3n) is 5.56. The summed E-state index contributed by atoms with van der Waals surface area (Å²) < 4.78 is 10.4. The number of fused-ring (bicyclic) bond motifs is 1. The molecule has 1 saturated carbocycles. The number of carbonyl (C=O) groups is 2. The van der Waals surface area contributed by atoms with Crippen molar-refractivity contribution in [1.29, 1.82) is 0 Å². The summed E-state index contributed by atoms with van der Waals surface area (Å²) in [4.78, 5) is 25.3. The minimum atomic E-state index is -0.306. The number of thioether (sulfide) groups is 1. The van der Waals surface area contributed by atoms with Crippen molar-refractivity contribution in [2.45, 2.75) is 55.7 Å². The first-order valence-electron chi connectivity index (χ1n) is 10.0.